The summed E-state index contributed by atoms with van der Waals surface area (Å²) in [6.07, 6.45) is 18.6. The molecule has 2 fully saturated rings. The molecule has 8 heteroatoms. The smallest absolute Gasteiger partial charge is 0.136 e. The zero-order valence-corrected chi connectivity index (χ0v) is 74.3. The quantitative estimate of drug-likeness (QED) is 0.173. The van der Waals surface area contributed by atoms with Gasteiger partial charge in [0.15, 0.2) is 0 Å². The molecule has 4 atom stereocenters. The summed E-state index contributed by atoms with van der Waals surface area (Å²) in [5, 5.41) is 3.20. The topological polar surface area (TPSA) is 62.0 Å². The van der Waals surface area contributed by atoms with E-state index in [2.05, 4.69) is 338 Å². The second kappa shape index (κ2) is 28.1. The van der Waals surface area contributed by atoms with Crippen LogP contribution in [0.4, 0.5) is 45.5 Å². The number of fused-ring (bicyclic) bond motifs is 10. The van der Waals surface area contributed by atoms with Gasteiger partial charge in [-0.2, -0.15) is 0 Å². The average Bonchev–Trinajstić information content (AvgIpc) is 1.53. The highest BCUT2D eigenvalue weighted by Crippen LogP contribution is 2.64. The molecule has 4 aliphatic carbocycles. The fourth-order valence-electron chi connectivity index (χ4n) is 19.9. The van der Waals surface area contributed by atoms with Gasteiger partial charge in [-0.3, -0.25) is 0 Å². The number of rotatable bonds is 5. The van der Waals surface area contributed by atoms with Crippen molar-refractivity contribution >= 4 is 95.0 Å². The van der Waals surface area contributed by atoms with Gasteiger partial charge in [0.2, 0.25) is 0 Å². The van der Waals surface area contributed by atoms with Gasteiger partial charge in [0.25, 0.3) is 0 Å². The molecule has 2 saturated carbocycles. The first-order valence-electron chi connectivity index (χ1n) is 41.4. The molecule has 0 saturated heterocycles. The predicted octanol–water partition coefficient (Wildman–Crippen LogP) is 30.7. The molecule has 16 rings (SSSR count). The number of nitrogens with zero attached hydrogens (tertiary/aromatic N) is 3. The SMILES string of the molecule is CC(C)(C)c1ccc(N)cc1.CC1(C)CCC(C)(C)c2cc3c(Br)coc3cc21.Cc1cc(Cl)cc(N2c3ccc(C(C)(C)C)cc3C3(C)CCCCC23C)c1.Cc1cc(N(c2ccc(C(C)(C)C)cc2)c2coc3cc4c(cc23)C(C)(C)CCC4(C)C)cc(N2c3ccc(C(C)(C)C)cc3C3(C)CCCCC23C)c1. The van der Waals surface area contributed by atoms with E-state index in [-0.39, 0.29) is 65.2 Å². The maximum Gasteiger partial charge on any atom is 0.136 e. The molecule has 110 heavy (non-hydrogen) atoms. The van der Waals surface area contributed by atoms with Gasteiger partial charge in [-0.1, -0.05) is 238 Å². The molecule has 0 radical (unpaired) electrons. The molecule has 6 aliphatic rings. The molecule has 2 N–H and O–H groups in total. The molecule has 584 valence electrons. The monoisotopic (exact) mass is 1560 g/mol. The van der Waals surface area contributed by atoms with Crippen LogP contribution in [0.15, 0.2) is 171 Å². The van der Waals surface area contributed by atoms with Gasteiger partial charge in [-0.05, 0) is 302 Å². The second-order valence-electron chi connectivity index (χ2n) is 41.8. The van der Waals surface area contributed by atoms with Crippen LogP contribution in [0.3, 0.4) is 0 Å². The van der Waals surface area contributed by atoms with Crippen LogP contribution in [-0.4, -0.2) is 11.1 Å². The summed E-state index contributed by atoms with van der Waals surface area (Å²) >= 11 is 10.0. The summed E-state index contributed by atoms with van der Waals surface area (Å²) in [6, 6.07) is 55.0. The Morgan fingerprint density at radius 3 is 1.19 bits per heavy atom. The van der Waals surface area contributed by atoms with Crippen LogP contribution in [0.2, 0.25) is 5.02 Å². The van der Waals surface area contributed by atoms with Gasteiger partial charge in [0, 0.05) is 66.4 Å². The molecule has 6 nitrogen and oxygen atoms in total. The number of benzene rings is 8. The third-order valence-corrected chi connectivity index (χ3v) is 28.7. The van der Waals surface area contributed by atoms with Gasteiger partial charge in [0.05, 0.1) is 21.2 Å². The third kappa shape index (κ3) is 14.5. The minimum atomic E-state index is -0.0336. The molecule has 8 aromatic carbocycles. The van der Waals surface area contributed by atoms with Crippen molar-refractivity contribution < 1.29 is 8.83 Å². The third-order valence-electron chi connectivity index (χ3n) is 27.8. The van der Waals surface area contributed by atoms with Crippen molar-refractivity contribution in [2.45, 2.75) is 322 Å². The summed E-state index contributed by atoms with van der Waals surface area (Å²) in [5.41, 5.74) is 35.4. The first kappa shape index (κ1) is 80.8. The summed E-state index contributed by atoms with van der Waals surface area (Å²) in [4.78, 5) is 7.80. The van der Waals surface area contributed by atoms with Crippen molar-refractivity contribution in [2.24, 2.45) is 0 Å². The van der Waals surface area contributed by atoms with E-state index in [4.69, 9.17) is 26.2 Å². The Kier molecular flexibility index (Phi) is 20.7. The molecule has 10 aromatic rings. The van der Waals surface area contributed by atoms with E-state index in [1.807, 2.05) is 24.5 Å². The standard InChI is InChI=1S/C51H64N2O.C25H32ClN.C16H19BrO.C10H15N/c1-33-26-37(29-38(27-33)53-43-21-18-35(47(5,6)7)28-42(43)50(12)22-14-15-23-51(50,53)13)52(36-19-16-34(17-20-36)46(2,3)4)44-32-54-45-31-41-40(30-39(44)45)48(8,9)24-25-49(41,10)11;1-17-13-19(26)16-20(14-17)27-22-10-9-18(23(2,3)4)15-21(22)24(5)11-7-8-12-25(24,27)6;1-15(2)5-6-16(3,4)12-8-14-10(7-11(12)15)13(17)9-18-14;1-10(2,3)8-4-6-9(11)7-5-8/h16-21,26-32H,14-15,22-25H2,1-13H3;9-10,13-16H,7-8,11-12H2,1-6H3;7-9H,5-6H2,1-4H3;4-7H,11H2,1-3H3. The highest BCUT2D eigenvalue weighted by atomic mass is 79.9. The van der Waals surface area contributed by atoms with E-state index in [1.165, 1.54) is 177 Å². The van der Waals surface area contributed by atoms with Crippen molar-refractivity contribution in [3.63, 3.8) is 0 Å². The maximum atomic E-state index is 6.57. The van der Waals surface area contributed by atoms with Gasteiger partial charge < -0.3 is 29.3 Å². The Bertz CT molecular complexity index is 5090. The second-order valence-corrected chi connectivity index (χ2v) is 43.1. The summed E-state index contributed by atoms with van der Waals surface area (Å²) in [6.45, 7) is 60.9. The first-order chi connectivity index (χ1) is 51.0. The Morgan fingerprint density at radius 2 is 0.755 bits per heavy atom. The lowest BCUT2D eigenvalue weighted by atomic mass is 9.61. The normalized spacial score (nSPS) is 22.7. The summed E-state index contributed by atoms with van der Waals surface area (Å²) in [5.74, 6) is 0. The van der Waals surface area contributed by atoms with Crippen LogP contribution in [0.1, 0.15) is 310 Å². The Labute approximate surface area is 676 Å². The molecule has 0 amide bonds. The zero-order chi connectivity index (χ0) is 80.0. The largest absolute Gasteiger partial charge is 0.463 e. The van der Waals surface area contributed by atoms with E-state index in [0.717, 1.165) is 43.4 Å². The van der Waals surface area contributed by atoms with Crippen LogP contribution in [-0.2, 0) is 54.1 Å². The van der Waals surface area contributed by atoms with E-state index < -0.39 is 0 Å². The van der Waals surface area contributed by atoms with E-state index in [1.54, 1.807) is 6.26 Å². The molecule has 2 aliphatic heterocycles. The van der Waals surface area contributed by atoms with Gasteiger partial charge in [-0.25, -0.2) is 0 Å². The van der Waals surface area contributed by atoms with Crippen LogP contribution in [0.25, 0.3) is 21.9 Å². The number of hydrogen-bond acceptors (Lipinski definition) is 6. The minimum Gasteiger partial charge on any atom is -0.463 e. The number of aryl methyl sites for hydroxylation is 2. The zero-order valence-electron chi connectivity index (χ0n) is 72.0. The van der Waals surface area contributed by atoms with Crippen molar-refractivity contribution in [1.82, 2.24) is 0 Å². The lowest BCUT2D eigenvalue weighted by Crippen LogP contribution is -2.54. The van der Waals surface area contributed by atoms with Crippen molar-refractivity contribution in [3.05, 3.63) is 234 Å². The Morgan fingerprint density at radius 1 is 0.382 bits per heavy atom. The first-order valence-corrected chi connectivity index (χ1v) is 42.5. The van der Waals surface area contributed by atoms with E-state index in [0.29, 0.717) is 0 Å². The highest BCUT2D eigenvalue weighted by Gasteiger charge is 2.59. The van der Waals surface area contributed by atoms with Crippen molar-refractivity contribution in [3.8, 4) is 0 Å². The summed E-state index contributed by atoms with van der Waals surface area (Å²) in [7, 11) is 0. The number of hydrogen-bond donors (Lipinski definition) is 1. The molecule has 0 bridgehead atoms. The number of halogens is 2. The highest BCUT2D eigenvalue weighted by molar-refractivity contribution is 9.10. The summed E-state index contributed by atoms with van der Waals surface area (Å²) < 4.78 is 13.3. The number of furan rings is 2. The van der Waals surface area contributed by atoms with Crippen LogP contribution >= 0.6 is 27.5 Å². The fraction of sp³-hybridized carbons (Fsp3) is 0.490. The average molecular weight is 1560 g/mol. The molecule has 4 heterocycles. The lowest BCUT2D eigenvalue weighted by molar-refractivity contribution is 0.194. The van der Waals surface area contributed by atoms with Crippen molar-refractivity contribution in [1.29, 1.82) is 0 Å². The molecule has 2 aromatic heterocycles. The van der Waals surface area contributed by atoms with E-state index in [9.17, 15) is 0 Å². The van der Waals surface area contributed by atoms with Gasteiger partial charge in [-0.15, -0.1) is 0 Å². The predicted molar refractivity (Wildman–Crippen MR) is 478 cm³/mol. The molecular weight excluding hydrogens is 1430 g/mol. The molecule has 0 spiro atoms. The maximum absolute atomic E-state index is 6.57. The van der Waals surface area contributed by atoms with E-state index >= 15 is 0 Å². The Balaban J connectivity index is 0.000000155. The number of nitrogen functional groups attached to an aromatic ring is 1. The van der Waals surface area contributed by atoms with Crippen LogP contribution in [0.5, 0.6) is 0 Å². The molecular formula is C102H130BrClN4O2. The minimum absolute atomic E-state index is 0.0336. The fourth-order valence-corrected chi connectivity index (χ4v) is 20.6. The molecule has 4 unspecified atom stereocenters. The Hall–Kier alpha value is -7.19. The number of anilines is 8. The number of nitrogens with two attached hydrogens (primary N) is 1. The van der Waals surface area contributed by atoms with Gasteiger partial charge >= 0.3 is 0 Å². The van der Waals surface area contributed by atoms with Gasteiger partial charge in [0.1, 0.15) is 23.7 Å². The van der Waals surface area contributed by atoms with Crippen molar-refractivity contribution in [2.75, 3.05) is 20.4 Å². The lowest BCUT2D eigenvalue weighted by Gasteiger charge is -2.50. The van der Waals surface area contributed by atoms with Crippen LogP contribution < -0.4 is 20.4 Å². The van der Waals surface area contributed by atoms with Crippen LogP contribution in [0, 0.1) is 13.8 Å².